The summed E-state index contributed by atoms with van der Waals surface area (Å²) in [5, 5.41) is 5.97. The summed E-state index contributed by atoms with van der Waals surface area (Å²) in [7, 11) is 1.38. The third-order valence-electron chi connectivity index (χ3n) is 3.65. The fourth-order valence-electron chi connectivity index (χ4n) is 2.44. The average Bonchev–Trinajstić information content (AvgIpc) is 3.04. The molecule has 0 saturated carbocycles. The van der Waals surface area contributed by atoms with Crippen LogP contribution in [-0.2, 0) is 20.7 Å². The Morgan fingerprint density at radius 3 is 2.87 bits per heavy atom. The van der Waals surface area contributed by atoms with Gasteiger partial charge in [-0.25, -0.2) is 0 Å². The van der Waals surface area contributed by atoms with Gasteiger partial charge in [0.2, 0.25) is 5.91 Å². The second-order valence-electron chi connectivity index (χ2n) is 5.43. The molecule has 5 nitrogen and oxygen atoms in total. The molecule has 1 aliphatic rings. The molecule has 2 N–H and O–H groups in total. The smallest absolute Gasteiger partial charge is 0.310 e. The fourth-order valence-corrected chi connectivity index (χ4v) is 3.38. The highest BCUT2D eigenvalue weighted by Crippen LogP contribution is 2.13. The van der Waals surface area contributed by atoms with E-state index in [1.54, 1.807) is 11.8 Å². The van der Waals surface area contributed by atoms with Crippen molar-refractivity contribution in [3.05, 3.63) is 35.4 Å². The summed E-state index contributed by atoms with van der Waals surface area (Å²) in [4.78, 5) is 24.0. The van der Waals surface area contributed by atoms with Crippen LogP contribution in [0.2, 0.25) is 0 Å². The maximum atomic E-state index is 12.0. The lowest BCUT2D eigenvalue weighted by Crippen LogP contribution is -2.45. The molecule has 0 radical (unpaired) electrons. The lowest BCUT2D eigenvalue weighted by molar-refractivity contribution is -0.145. The fraction of sp³-hybridized carbons (Fsp3) is 0.500. The molecule has 2 rings (SSSR count). The van der Waals surface area contributed by atoms with E-state index in [2.05, 4.69) is 10.6 Å². The van der Waals surface area contributed by atoms with Gasteiger partial charge in [0.25, 0.3) is 0 Å². The highest BCUT2D eigenvalue weighted by Gasteiger charge is 2.25. The molecule has 0 aliphatic carbocycles. The van der Waals surface area contributed by atoms with E-state index in [4.69, 9.17) is 4.74 Å². The number of thioether (sulfide) groups is 1. The number of benzene rings is 1. The van der Waals surface area contributed by atoms with Crippen LogP contribution in [0.15, 0.2) is 24.3 Å². The maximum absolute atomic E-state index is 12.0. The van der Waals surface area contributed by atoms with Gasteiger partial charge in [0.15, 0.2) is 0 Å². The Kier molecular flexibility index (Phi) is 8.44. The Labute approximate surface area is 147 Å². The zero-order valence-corrected chi connectivity index (χ0v) is 15.0. The molecule has 23 heavy (non-hydrogen) atoms. The van der Waals surface area contributed by atoms with E-state index in [1.165, 1.54) is 7.11 Å². The van der Waals surface area contributed by atoms with E-state index in [1.807, 2.05) is 31.2 Å². The van der Waals surface area contributed by atoms with E-state index < -0.39 is 0 Å². The third-order valence-corrected chi connectivity index (χ3v) is 4.59. The molecule has 128 valence electrons. The van der Waals surface area contributed by atoms with Crippen molar-refractivity contribution in [1.82, 2.24) is 10.6 Å². The number of hydrogen-bond donors (Lipinski definition) is 2. The van der Waals surface area contributed by atoms with Crippen LogP contribution in [0.4, 0.5) is 0 Å². The lowest BCUT2D eigenvalue weighted by atomic mass is 9.98. The van der Waals surface area contributed by atoms with Crippen LogP contribution in [0.1, 0.15) is 11.1 Å². The van der Waals surface area contributed by atoms with Crippen molar-refractivity contribution in [2.24, 2.45) is 5.92 Å². The first-order chi connectivity index (χ1) is 10.6. The number of nitrogens with one attached hydrogen (secondary N) is 2. The number of hydrogen-bond acceptors (Lipinski definition) is 5. The Morgan fingerprint density at radius 2 is 2.26 bits per heavy atom. The van der Waals surface area contributed by atoms with Gasteiger partial charge in [0, 0.05) is 18.2 Å². The van der Waals surface area contributed by atoms with Crippen LogP contribution in [0.25, 0.3) is 0 Å². The van der Waals surface area contributed by atoms with Gasteiger partial charge in [-0.2, -0.15) is 0 Å². The monoisotopic (exact) mass is 358 g/mol. The lowest BCUT2D eigenvalue weighted by Gasteiger charge is -2.17. The molecule has 0 aromatic heterocycles. The number of aryl methyl sites for hydroxylation is 1. The number of methoxy groups -OCH3 is 1. The van der Waals surface area contributed by atoms with E-state index in [9.17, 15) is 9.59 Å². The van der Waals surface area contributed by atoms with Crippen molar-refractivity contribution in [3.63, 3.8) is 0 Å². The Bertz CT molecular complexity index is 536. The maximum Gasteiger partial charge on any atom is 0.310 e. The number of carbonyl (C=O) groups is 2. The van der Waals surface area contributed by atoms with Gasteiger partial charge in [-0.3, -0.25) is 14.9 Å². The SMILES string of the molecule is COC(=O)C(CNC(=O)C1CSCN1)Cc1cccc(C)c1.Cl. The Balaban J connectivity index is 0.00000264. The van der Waals surface area contributed by atoms with Crippen LogP contribution < -0.4 is 10.6 Å². The highest BCUT2D eigenvalue weighted by molar-refractivity contribution is 7.99. The van der Waals surface area contributed by atoms with Crippen molar-refractivity contribution >= 4 is 36.0 Å². The molecule has 1 amide bonds. The zero-order valence-electron chi connectivity index (χ0n) is 13.3. The van der Waals surface area contributed by atoms with E-state index in [0.717, 1.165) is 22.8 Å². The summed E-state index contributed by atoms with van der Waals surface area (Å²) < 4.78 is 4.86. The van der Waals surface area contributed by atoms with Crippen LogP contribution in [0.5, 0.6) is 0 Å². The van der Waals surface area contributed by atoms with Crippen LogP contribution in [0, 0.1) is 12.8 Å². The largest absolute Gasteiger partial charge is 0.469 e. The molecule has 1 heterocycles. The highest BCUT2D eigenvalue weighted by atomic mass is 35.5. The number of halogens is 1. The molecule has 2 unspecified atom stereocenters. The number of amides is 1. The number of ether oxygens (including phenoxy) is 1. The topological polar surface area (TPSA) is 67.4 Å². The number of carbonyl (C=O) groups excluding carboxylic acids is 2. The van der Waals surface area contributed by atoms with Crippen LogP contribution in [0.3, 0.4) is 0 Å². The molecule has 1 aromatic carbocycles. The van der Waals surface area contributed by atoms with E-state index in [-0.39, 0.29) is 36.2 Å². The molecular formula is C16H23ClN2O3S. The number of rotatable bonds is 6. The predicted molar refractivity (Wildman–Crippen MR) is 94.9 cm³/mol. The zero-order chi connectivity index (χ0) is 15.9. The summed E-state index contributed by atoms with van der Waals surface area (Å²) in [5.41, 5.74) is 2.22. The van der Waals surface area contributed by atoms with Gasteiger partial charge in [-0.05, 0) is 18.9 Å². The molecule has 7 heteroatoms. The van der Waals surface area contributed by atoms with Crippen molar-refractivity contribution in [2.75, 3.05) is 25.3 Å². The first-order valence-corrected chi connectivity index (χ1v) is 8.48. The molecule has 0 bridgehead atoms. The predicted octanol–water partition coefficient (Wildman–Crippen LogP) is 1.53. The van der Waals surface area contributed by atoms with Gasteiger partial charge in [-0.1, -0.05) is 29.8 Å². The van der Waals surface area contributed by atoms with Gasteiger partial charge in [0.05, 0.1) is 19.1 Å². The molecule has 1 aliphatic heterocycles. The first-order valence-electron chi connectivity index (χ1n) is 7.32. The molecule has 1 aromatic rings. The summed E-state index contributed by atoms with van der Waals surface area (Å²) in [6, 6.07) is 7.86. The normalized spacial score (nSPS) is 17.9. The summed E-state index contributed by atoms with van der Waals surface area (Å²) in [5.74, 6) is 0.845. The molecule has 1 fully saturated rings. The van der Waals surface area contributed by atoms with Crippen molar-refractivity contribution in [2.45, 2.75) is 19.4 Å². The first kappa shape index (κ1) is 19.8. The average molecular weight is 359 g/mol. The standard InChI is InChI=1S/C16H22N2O3S.ClH/c1-11-4-3-5-12(6-11)7-13(16(20)21-2)8-17-15(19)14-9-22-10-18-14;/h3-6,13-14,18H,7-10H2,1-2H3,(H,17,19);1H. The summed E-state index contributed by atoms with van der Waals surface area (Å²) in [6.45, 7) is 2.31. The van der Waals surface area contributed by atoms with Crippen molar-refractivity contribution in [1.29, 1.82) is 0 Å². The Hall–Kier alpha value is -1.24. The second-order valence-corrected chi connectivity index (χ2v) is 6.46. The van der Waals surface area contributed by atoms with Gasteiger partial charge >= 0.3 is 5.97 Å². The summed E-state index contributed by atoms with van der Waals surface area (Å²) in [6.07, 6.45) is 0.557. The van der Waals surface area contributed by atoms with Crippen molar-refractivity contribution in [3.8, 4) is 0 Å². The molecular weight excluding hydrogens is 336 g/mol. The summed E-state index contributed by atoms with van der Waals surface area (Å²) >= 11 is 1.70. The van der Waals surface area contributed by atoms with Gasteiger partial charge < -0.3 is 10.1 Å². The minimum atomic E-state index is -0.371. The molecule has 0 spiro atoms. The van der Waals surface area contributed by atoms with Crippen LogP contribution >= 0.6 is 24.2 Å². The minimum absolute atomic E-state index is 0. The van der Waals surface area contributed by atoms with E-state index >= 15 is 0 Å². The third kappa shape index (κ3) is 6.05. The van der Waals surface area contributed by atoms with Gasteiger partial charge in [-0.15, -0.1) is 24.2 Å². The Morgan fingerprint density at radius 1 is 1.48 bits per heavy atom. The van der Waals surface area contributed by atoms with E-state index in [0.29, 0.717) is 13.0 Å². The quantitative estimate of drug-likeness (QED) is 0.755. The minimum Gasteiger partial charge on any atom is -0.469 e. The van der Waals surface area contributed by atoms with Crippen molar-refractivity contribution < 1.29 is 14.3 Å². The van der Waals surface area contributed by atoms with Crippen LogP contribution in [-0.4, -0.2) is 43.2 Å². The number of esters is 1. The molecule has 2 atom stereocenters. The second kappa shape index (κ2) is 9.80. The van der Waals surface area contributed by atoms with Gasteiger partial charge in [0.1, 0.15) is 0 Å². The molecule has 1 saturated heterocycles.